The third kappa shape index (κ3) is 8.70. The summed E-state index contributed by atoms with van der Waals surface area (Å²) in [6.45, 7) is 26.5. The van der Waals surface area contributed by atoms with Crippen molar-refractivity contribution in [1.29, 1.82) is 0 Å². The fourth-order valence-corrected chi connectivity index (χ4v) is 13.1. The van der Waals surface area contributed by atoms with Crippen LogP contribution in [0.25, 0.3) is 0 Å². The third-order valence-electron chi connectivity index (χ3n) is 10.5. The summed E-state index contributed by atoms with van der Waals surface area (Å²) in [5, 5.41) is 0. The van der Waals surface area contributed by atoms with Gasteiger partial charge in [-0.15, -0.1) is 0 Å². The van der Waals surface area contributed by atoms with E-state index in [1.165, 1.54) is 0 Å². The molecule has 2 saturated heterocycles. The number of nitrogens with zero attached hydrogens (tertiary/aromatic N) is 1. The first-order valence-corrected chi connectivity index (χ1v) is 22.2. The van der Waals surface area contributed by atoms with Crippen molar-refractivity contribution in [2.45, 2.75) is 175 Å². The Kier molecular flexibility index (Phi) is 13.8. The van der Waals surface area contributed by atoms with Gasteiger partial charge in [0.15, 0.2) is 22.4 Å². The van der Waals surface area contributed by atoms with Gasteiger partial charge in [-0.05, 0) is 81.7 Å². The van der Waals surface area contributed by atoms with Gasteiger partial charge in [-0.25, -0.2) is 4.79 Å². The zero-order valence-electron chi connectivity index (χ0n) is 29.2. The largest absolute Gasteiger partial charge is 0.444 e. The molecule has 1 spiro atoms. The predicted octanol–water partition coefficient (Wildman–Crippen LogP) is 8.78. The van der Waals surface area contributed by atoms with E-state index in [0.717, 1.165) is 55.4 Å². The first-order chi connectivity index (χ1) is 19.6. The maximum Gasteiger partial charge on any atom is 0.412 e. The van der Waals surface area contributed by atoms with Gasteiger partial charge in [-0.3, -0.25) is 4.90 Å². The highest BCUT2D eigenvalue weighted by atomic mass is 28.4. The molecule has 2 aliphatic heterocycles. The molecule has 0 N–H and O–H groups in total. The van der Waals surface area contributed by atoms with Crippen LogP contribution in [0.2, 0.25) is 36.3 Å². The van der Waals surface area contributed by atoms with Gasteiger partial charge < -0.3 is 23.1 Å². The van der Waals surface area contributed by atoms with Crippen molar-refractivity contribution in [1.82, 2.24) is 4.90 Å². The summed E-state index contributed by atoms with van der Waals surface area (Å²) in [6.07, 6.45) is 2.87. The van der Waals surface area contributed by atoms with E-state index in [0.29, 0.717) is 25.3 Å². The Balaban J connectivity index is 2.69. The minimum absolute atomic E-state index is 0.115. The molecule has 0 unspecified atom stereocenters. The van der Waals surface area contributed by atoms with Crippen molar-refractivity contribution >= 4 is 29.0 Å². The molecule has 2 rings (SSSR count). The standard InChI is InChI=1S/C33H65NO6Si2/c1-13-41(14-2,15-3)39-28(22-25(7)19-20-35)30-29(40-42(16-4,17-5)18-6)23-33(37-30)27(9)21-26(8)24-34(33)31(36)38-32(10,11)12/h20,25-30H,13-19,21-24H2,1-12H3/t25-,26-,27+,28-,29-,30-,33+/m1/s1. The summed E-state index contributed by atoms with van der Waals surface area (Å²) < 4.78 is 28.0. The topological polar surface area (TPSA) is 74.3 Å². The summed E-state index contributed by atoms with van der Waals surface area (Å²) >= 11 is 0. The smallest absolute Gasteiger partial charge is 0.412 e. The fraction of sp³-hybridized carbons (Fsp3) is 0.939. The number of amides is 1. The van der Waals surface area contributed by atoms with Crippen LogP contribution in [-0.4, -0.2) is 70.1 Å². The molecule has 0 aromatic rings. The lowest BCUT2D eigenvalue weighted by atomic mass is 9.80. The van der Waals surface area contributed by atoms with Crippen molar-refractivity contribution in [3.8, 4) is 0 Å². The molecule has 2 fully saturated rings. The number of carbonyl (C=O) groups is 2. The van der Waals surface area contributed by atoms with Gasteiger partial charge in [0.1, 0.15) is 18.0 Å². The van der Waals surface area contributed by atoms with Crippen molar-refractivity contribution in [2.24, 2.45) is 17.8 Å². The summed E-state index contributed by atoms with van der Waals surface area (Å²) in [5.74, 6) is 0.627. The number of hydrogen-bond acceptors (Lipinski definition) is 6. The van der Waals surface area contributed by atoms with Crippen LogP contribution < -0.4 is 0 Å². The van der Waals surface area contributed by atoms with Crippen molar-refractivity contribution in [2.75, 3.05) is 6.54 Å². The number of carbonyl (C=O) groups excluding carboxylic acids is 2. The Hall–Kier alpha value is -0.746. The number of rotatable bonds is 15. The van der Waals surface area contributed by atoms with E-state index in [1.807, 2.05) is 25.7 Å². The first kappa shape index (κ1) is 37.4. The second-order valence-electron chi connectivity index (χ2n) is 14.5. The van der Waals surface area contributed by atoms with Crippen LogP contribution in [0.15, 0.2) is 0 Å². The zero-order valence-corrected chi connectivity index (χ0v) is 31.2. The van der Waals surface area contributed by atoms with Gasteiger partial charge in [0.25, 0.3) is 0 Å². The minimum Gasteiger partial charge on any atom is -0.444 e. The average Bonchev–Trinajstić information content (AvgIpc) is 3.31. The highest BCUT2D eigenvalue weighted by molar-refractivity contribution is 6.74. The predicted molar refractivity (Wildman–Crippen MR) is 177 cm³/mol. The molecule has 0 aromatic heterocycles. The van der Waals surface area contributed by atoms with Gasteiger partial charge in [-0.1, -0.05) is 62.3 Å². The van der Waals surface area contributed by atoms with Crippen LogP contribution in [0, 0.1) is 17.8 Å². The first-order valence-electron chi connectivity index (χ1n) is 17.1. The molecule has 0 bridgehead atoms. The molecule has 0 aromatic carbocycles. The zero-order chi connectivity index (χ0) is 31.9. The third-order valence-corrected chi connectivity index (χ3v) is 19.8. The molecule has 2 heterocycles. The molecule has 2 aliphatic rings. The molecule has 246 valence electrons. The summed E-state index contributed by atoms with van der Waals surface area (Å²) in [7, 11) is -4.06. The van der Waals surface area contributed by atoms with Gasteiger partial charge >= 0.3 is 6.09 Å². The summed E-state index contributed by atoms with van der Waals surface area (Å²) in [5.41, 5.74) is -1.42. The maximum absolute atomic E-state index is 13.9. The van der Waals surface area contributed by atoms with E-state index >= 15 is 0 Å². The molecule has 42 heavy (non-hydrogen) atoms. The Labute approximate surface area is 260 Å². The molecule has 7 nitrogen and oxygen atoms in total. The molecule has 1 amide bonds. The lowest BCUT2D eigenvalue weighted by Gasteiger charge is -2.50. The summed E-state index contributed by atoms with van der Waals surface area (Å²) in [4.78, 5) is 27.3. The SMILES string of the molecule is CC[Si](CC)(CC)O[C@H](C[C@H](C)CC=O)[C@H]1O[C@@]2(C[C@H]1O[Si](CC)(CC)CC)[C@@H](C)C[C@@H](C)CN2C(=O)OC(C)(C)C. The number of piperidine rings is 1. The molecular weight excluding hydrogens is 563 g/mol. The highest BCUT2D eigenvalue weighted by Crippen LogP contribution is 2.50. The molecular formula is C33H65NO6Si2. The van der Waals surface area contributed by atoms with Crippen molar-refractivity contribution in [3.05, 3.63) is 0 Å². The van der Waals surface area contributed by atoms with Crippen LogP contribution in [-0.2, 0) is 23.1 Å². The lowest BCUT2D eigenvalue weighted by Crippen LogP contribution is -2.61. The quantitative estimate of drug-likeness (QED) is 0.133. The number of ether oxygens (including phenoxy) is 2. The second kappa shape index (κ2) is 15.5. The van der Waals surface area contributed by atoms with E-state index in [9.17, 15) is 9.59 Å². The van der Waals surface area contributed by atoms with E-state index < -0.39 is 28.0 Å². The monoisotopic (exact) mass is 627 g/mol. The normalized spacial score (nSPS) is 28.6. The molecule has 0 radical (unpaired) electrons. The molecule has 7 atom stereocenters. The number of likely N-dealkylation sites (tertiary alicyclic amines) is 1. The number of hydrogen-bond donors (Lipinski definition) is 0. The lowest BCUT2D eigenvalue weighted by molar-refractivity contribution is -0.207. The van der Waals surface area contributed by atoms with E-state index in [1.54, 1.807) is 0 Å². The van der Waals surface area contributed by atoms with Gasteiger partial charge in [-0.2, -0.15) is 0 Å². The van der Waals surface area contributed by atoms with Crippen LogP contribution in [0.1, 0.15) is 109 Å². The Morgan fingerprint density at radius 1 is 1.00 bits per heavy atom. The minimum atomic E-state index is -2.03. The van der Waals surface area contributed by atoms with Crippen LogP contribution >= 0.6 is 0 Å². The molecule has 9 heteroatoms. The van der Waals surface area contributed by atoms with E-state index in [-0.39, 0.29) is 36.2 Å². The van der Waals surface area contributed by atoms with Gasteiger partial charge in [0.2, 0.25) is 0 Å². The number of aldehydes is 1. The summed E-state index contributed by atoms with van der Waals surface area (Å²) in [6, 6.07) is 6.25. The van der Waals surface area contributed by atoms with Gasteiger partial charge in [0.05, 0.1) is 12.2 Å². The van der Waals surface area contributed by atoms with Gasteiger partial charge in [0, 0.05) is 25.3 Å². The van der Waals surface area contributed by atoms with Crippen LogP contribution in [0.3, 0.4) is 0 Å². The van der Waals surface area contributed by atoms with E-state index in [4.69, 9.17) is 18.3 Å². The molecule has 0 saturated carbocycles. The fourth-order valence-electron chi connectivity index (χ4n) is 7.37. The van der Waals surface area contributed by atoms with Crippen LogP contribution in [0.5, 0.6) is 0 Å². The Bertz CT molecular complexity index is 841. The van der Waals surface area contributed by atoms with Crippen LogP contribution in [0.4, 0.5) is 4.79 Å². The molecule has 0 aliphatic carbocycles. The highest BCUT2D eigenvalue weighted by Gasteiger charge is 2.61. The Morgan fingerprint density at radius 2 is 1.55 bits per heavy atom. The maximum atomic E-state index is 13.9. The van der Waals surface area contributed by atoms with Crippen molar-refractivity contribution < 1.29 is 27.9 Å². The Morgan fingerprint density at radius 3 is 2.02 bits per heavy atom. The average molecular weight is 628 g/mol. The van der Waals surface area contributed by atoms with E-state index in [2.05, 4.69) is 62.3 Å². The second-order valence-corrected chi connectivity index (χ2v) is 24.0. The van der Waals surface area contributed by atoms with Crippen molar-refractivity contribution in [3.63, 3.8) is 0 Å².